The van der Waals surface area contributed by atoms with Crippen LogP contribution in [0.3, 0.4) is 0 Å². The molecule has 0 amide bonds. The van der Waals surface area contributed by atoms with Gasteiger partial charge in [0.2, 0.25) is 5.13 Å². The van der Waals surface area contributed by atoms with E-state index in [0.29, 0.717) is 6.42 Å². The molecular formula is C20H22FN3O2S. The minimum Gasteiger partial charge on any atom is -0.493 e. The van der Waals surface area contributed by atoms with Crippen molar-refractivity contribution in [3.05, 3.63) is 65.2 Å². The van der Waals surface area contributed by atoms with Crippen LogP contribution < -0.4 is 14.4 Å². The Balaban J connectivity index is 1.59. The van der Waals surface area contributed by atoms with Gasteiger partial charge in [0, 0.05) is 31.5 Å². The largest absolute Gasteiger partial charge is 0.493 e. The van der Waals surface area contributed by atoms with Crippen LogP contribution >= 0.6 is 11.5 Å². The van der Waals surface area contributed by atoms with E-state index in [2.05, 4.69) is 14.3 Å². The molecule has 2 aromatic carbocycles. The quantitative estimate of drug-likeness (QED) is 0.585. The van der Waals surface area contributed by atoms with Gasteiger partial charge in [-0.2, -0.15) is 4.37 Å². The van der Waals surface area contributed by atoms with Gasteiger partial charge in [0.25, 0.3) is 0 Å². The minimum absolute atomic E-state index is 0.236. The zero-order chi connectivity index (χ0) is 19.2. The first-order valence-corrected chi connectivity index (χ1v) is 9.35. The first-order chi connectivity index (χ1) is 13.1. The lowest BCUT2D eigenvalue weighted by Crippen LogP contribution is -2.20. The third-order valence-corrected chi connectivity index (χ3v) is 5.11. The van der Waals surface area contributed by atoms with Gasteiger partial charge in [0.1, 0.15) is 11.6 Å². The number of hydrogen-bond acceptors (Lipinski definition) is 6. The highest BCUT2D eigenvalue weighted by Crippen LogP contribution is 2.28. The third-order valence-electron chi connectivity index (χ3n) is 4.24. The van der Waals surface area contributed by atoms with Gasteiger partial charge in [-0.15, -0.1) is 0 Å². The third kappa shape index (κ3) is 4.95. The summed E-state index contributed by atoms with van der Waals surface area (Å²) in [4.78, 5) is 6.68. The van der Waals surface area contributed by atoms with E-state index in [4.69, 9.17) is 9.47 Å². The summed E-state index contributed by atoms with van der Waals surface area (Å²) in [5.41, 5.74) is 2.16. The highest BCUT2D eigenvalue weighted by molar-refractivity contribution is 7.09. The fourth-order valence-corrected chi connectivity index (χ4v) is 3.35. The highest BCUT2D eigenvalue weighted by atomic mass is 32.1. The van der Waals surface area contributed by atoms with Crippen LogP contribution in [0.1, 0.15) is 17.0 Å². The molecule has 0 radical (unpaired) electrons. The van der Waals surface area contributed by atoms with E-state index in [1.807, 2.05) is 25.2 Å². The number of benzene rings is 2. The molecule has 0 aliphatic carbocycles. The summed E-state index contributed by atoms with van der Waals surface area (Å²) in [5.74, 6) is 1.97. The molecule has 0 spiro atoms. The van der Waals surface area contributed by atoms with E-state index < -0.39 is 0 Å². The molecule has 0 N–H and O–H groups in total. The molecule has 0 unspecified atom stereocenters. The van der Waals surface area contributed by atoms with Crippen LogP contribution in [-0.2, 0) is 12.8 Å². The SMILES string of the molecule is COc1ccc(CCN(C)c2nc(Cc3ccc(F)cc3)ns2)cc1OC. The van der Waals surface area contributed by atoms with Crippen LogP contribution in [0.25, 0.3) is 0 Å². The number of ether oxygens (including phenoxy) is 2. The zero-order valence-corrected chi connectivity index (χ0v) is 16.4. The maximum Gasteiger partial charge on any atom is 0.204 e. The van der Waals surface area contributed by atoms with E-state index in [9.17, 15) is 4.39 Å². The van der Waals surface area contributed by atoms with Gasteiger partial charge in [0.05, 0.1) is 14.2 Å². The molecule has 142 valence electrons. The lowest BCUT2D eigenvalue weighted by Gasteiger charge is -2.15. The number of nitrogens with zero attached hydrogens (tertiary/aromatic N) is 3. The van der Waals surface area contributed by atoms with E-state index in [0.717, 1.165) is 46.5 Å². The maximum atomic E-state index is 13.0. The second-order valence-electron chi connectivity index (χ2n) is 6.16. The van der Waals surface area contributed by atoms with Crippen LogP contribution in [0.4, 0.5) is 9.52 Å². The molecule has 27 heavy (non-hydrogen) atoms. The smallest absolute Gasteiger partial charge is 0.204 e. The second kappa shape index (κ2) is 8.81. The molecule has 0 aliphatic heterocycles. The fourth-order valence-electron chi connectivity index (χ4n) is 2.69. The number of halogens is 1. The average molecular weight is 387 g/mol. The Bertz CT molecular complexity index is 883. The summed E-state index contributed by atoms with van der Waals surface area (Å²) in [7, 11) is 5.27. The minimum atomic E-state index is -0.236. The molecule has 3 rings (SSSR count). The van der Waals surface area contributed by atoms with Crippen molar-refractivity contribution in [1.82, 2.24) is 9.36 Å². The van der Waals surface area contributed by atoms with Gasteiger partial charge >= 0.3 is 0 Å². The molecule has 0 atom stereocenters. The summed E-state index contributed by atoms with van der Waals surface area (Å²) >= 11 is 1.37. The molecule has 0 bridgehead atoms. The summed E-state index contributed by atoms with van der Waals surface area (Å²) in [6.07, 6.45) is 1.45. The number of methoxy groups -OCH3 is 2. The van der Waals surface area contributed by atoms with Crippen LogP contribution in [0.5, 0.6) is 11.5 Å². The van der Waals surface area contributed by atoms with Gasteiger partial charge in [-0.1, -0.05) is 18.2 Å². The van der Waals surface area contributed by atoms with E-state index in [1.54, 1.807) is 26.4 Å². The molecule has 0 aliphatic rings. The number of rotatable bonds is 8. The number of likely N-dealkylation sites (N-methyl/N-ethyl adjacent to an activating group) is 1. The van der Waals surface area contributed by atoms with Crippen molar-refractivity contribution in [2.75, 3.05) is 32.7 Å². The van der Waals surface area contributed by atoms with Crippen molar-refractivity contribution >= 4 is 16.7 Å². The topological polar surface area (TPSA) is 47.5 Å². The van der Waals surface area contributed by atoms with Crippen LogP contribution in [0.2, 0.25) is 0 Å². The lowest BCUT2D eigenvalue weighted by molar-refractivity contribution is 0.354. The van der Waals surface area contributed by atoms with E-state index >= 15 is 0 Å². The van der Waals surface area contributed by atoms with Gasteiger partial charge in [-0.25, -0.2) is 9.37 Å². The molecule has 0 fully saturated rings. The van der Waals surface area contributed by atoms with Crippen molar-refractivity contribution in [2.24, 2.45) is 0 Å². The molecule has 7 heteroatoms. The first kappa shape index (κ1) is 19.1. The number of hydrogen-bond donors (Lipinski definition) is 0. The van der Waals surface area contributed by atoms with Crippen molar-refractivity contribution in [3.63, 3.8) is 0 Å². The Morgan fingerprint density at radius 3 is 2.41 bits per heavy atom. The summed E-state index contributed by atoms with van der Waals surface area (Å²) in [6.45, 7) is 0.806. The molecule has 1 aromatic heterocycles. The van der Waals surface area contributed by atoms with Gasteiger partial charge in [-0.3, -0.25) is 0 Å². The Labute approximate surface area is 162 Å². The van der Waals surface area contributed by atoms with E-state index in [1.165, 1.54) is 23.7 Å². The predicted octanol–water partition coefficient (Wildman–Crippen LogP) is 3.96. The monoisotopic (exact) mass is 387 g/mol. The molecular weight excluding hydrogens is 365 g/mol. The predicted molar refractivity (Wildman–Crippen MR) is 106 cm³/mol. The Hall–Kier alpha value is -2.67. The normalized spacial score (nSPS) is 10.7. The van der Waals surface area contributed by atoms with Crippen molar-refractivity contribution in [3.8, 4) is 11.5 Å². The molecule has 0 saturated heterocycles. The maximum absolute atomic E-state index is 13.0. The van der Waals surface area contributed by atoms with Crippen molar-refractivity contribution in [1.29, 1.82) is 0 Å². The zero-order valence-electron chi connectivity index (χ0n) is 15.6. The Morgan fingerprint density at radius 1 is 1.00 bits per heavy atom. The van der Waals surface area contributed by atoms with Gasteiger partial charge < -0.3 is 14.4 Å². The Kier molecular flexibility index (Phi) is 6.24. The average Bonchev–Trinajstić information content (AvgIpc) is 3.16. The lowest BCUT2D eigenvalue weighted by atomic mass is 10.1. The second-order valence-corrected chi connectivity index (χ2v) is 6.89. The number of aromatic nitrogens is 2. The van der Waals surface area contributed by atoms with Crippen LogP contribution in [0.15, 0.2) is 42.5 Å². The summed E-state index contributed by atoms with van der Waals surface area (Å²) in [5, 5.41) is 0.868. The molecule has 3 aromatic rings. The number of anilines is 1. The van der Waals surface area contributed by atoms with Crippen LogP contribution in [0, 0.1) is 5.82 Å². The molecule has 5 nitrogen and oxygen atoms in total. The van der Waals surface area contributed by atoms with Gasteiger partial charge in [0.15, 0.2) is 11.5 Å². The first-order valence-electron chi connectivity index (χ1n) is 8.58. The van der Waals surface area contributed by atoms with Gasteiger partial charge in [-0.05, 0) is 41.8 Å². The molecule has 0 saturated carbocycles. The Morgan fingerprint density at radius 2 is 1.70 bits per heavy atom. The summed E-state index contributed by atoms with van der Waals surface area (Å²) in [6, 6.07) is 12.4. The summed E-state index contributed by atoms with van der Waals surface area (Å²) < 4.78 is 28.0. The van der Waals surface area contributed by atoms with E-state index in [-0.39, 0.29) is 5.82 Å². The highest BCUT2D eigenvalue weighted by Gasteiger charge is 2.11. The van der Waals surface area contributed by atoms with Crippen molar-refractivity contribution < 1.29 is 13.9 Å². The van der Waals surface area contributed by atoms with Crippen molar-refractivity contribution in [2.45, 2.75) is 12.8 Å². The fraction of sp³-hybridized carbons (Fsp3) is 0.300. The standard InChI is InChI=1S/C20H22FN3O2S/c1-24(11-10-15-6-9-17(25-2)18(12-15)26-3)20-22-19(23-27-20)13-14-4-7-16(21)8-5-14/h4-9,12H,10-11,13H2,1-3H3. The van der Waals surface area contributed by atoms with Crippen LogP contribution in [-0.4, -0.2) is 37.2 Å². The molecule has 1 heterocycles.